The van der Waals surface area contributed by atoms with Crippen molar-refractivity contribution in [1.29, 1.82) is 0 Å². The number of fused-ring (bicyclic) bond motifs is 3. The number of nitrogens with zero attached hydrogens (tertiary/aromatic N) is 2. The van der Waals surface area contributed by atoms with Gasteiger partial charge in [0.05, 0.1) is 5.69 Å². The van der Waals surface area contributed by atoms with E-state index in [9.17, 15) is 0 Å². The molecule has 0 amide bonds. The van der Waals surface area contributed by atoms with Crippen LogP contribution in [0.4, 0.5) is 0 Å². The molecule has 0 aliphatic heterocycles. The molecule has 174 valence electrons. The molecule has 7 aromatic rings. The molecule has 0 saturated carbocycles. The summed E-state index contributed by atoms with van der Waals surface area (Å²) in [5.74, 6) is 0.752. The van der Waals surface area contributed by atoms with Crippen LogP contribution in [0.25, 0.3) is 65.2 Å². The normalized spacial score (nSPS) is 11.2. The Morgan fingerprint density at radius 3 is 1.73 bits per heavy atom. The molecule has 7 rings (SSSR count). The second-order valence-corrected chi connectivity index (χ2v) is 10.1. The maximum Gasteiger partial charge on any atom is 0.161 e. The Hall–Kier alpha value is -4.60. The number of rotatable bonds is 4. The fourth-order valence-electron chi connectivity index (χ4n) is 4.88. The summed E-state index contributed by atoms with van der Waals surface area (Å²) in [5.41, 5.74) is 7.91. The monoisotopic (exact) mass is 490 g/mol. The zero-order valence-corrected chi connectivity index (χ0v) is 20.8. The molecule has 0 bridgehead atoms. The zero-order chi connectivity index (χ0) is 24.6. The van der Waals surface area contributed by atoms with E-state index >= 15 is 0 Å². The van der Waals surface area contributed by atoms with Crippen molar-refractivity contribution < 1.29 is 0 Å². The van der Waals surface area contributed by atoms with E-state index in [4.69, 9.17) is 9.97 Å². The van der Waals surface area contributed by atoms with Gasteiger partial charge in [0.15, 0.2) is 5.82 Å². The molecule has 0 saturated heterocycles. The van der Waals surface area contributed by atoms with Crippen LogP contribution >= 0.6 is 11.3 Å². The van der Waals surface area contributed by atoms with Crippen molar-refractivity contribution in [2.45, 2.75) is 0 Å². The first-order valence-corrected chi connectivity index (χ1v) is 13.2. The lowest BCUT2D eigenvalue weighted by Gasteiger charge is -2.09. The molecule has 0 unspecified atom stereocenters. The van der Waals surface area contributed by atoms with Gasteiger partial charge in [0, 0.05) is 26.6 Å². The molecule has 0 N–H and O–H groups in total. The fraction of sp³-hybridized carbons (Fsp3) is 0. The molecule has 37 heavy (non-hydrogen) atoms. The van der Waals surface area contributed by atoms with E-state index in [0.717, 1.165) is 32.9 Å². The quantitative estimate of drug-likeness (QED) is 0.245. The third-order valence-electron chi connectivity index (χ3n) is 6.73. The number of aromatic nitrogens is 2. The van der Waals surface area contributed by atoms with Crippen LogP contribution in [0.2, 0.25) is 0 Å². The minimum atomic E-state index is 0.752. The third kappa shape index (κ3) is 4.00. The molecule has 2 heterocycles. The molecular formula is C34H22N2S. The molecule has 0 aliphatic carbocycles. The molecular weight excluding hydrogens is 468 g/mol. The van der Waals surface area contributed by atoms with Crippen LogP contribution in [-0.4, -0.2) is 9.97 Å². The number of benzene rings is 5. The molecule has 0 atom stereocenters. The number of hydrogen-bond donors (Lipinski definition) is 0. The van der Waals surface area contributed by atoms with E-state index in [2.05, 4.69) is 121 Å². The molecule has 0 spiro atoms. The molecule has 0 aliphatic rings. The van der Waals surface area contributed by atoms with E-state index in [1.165, 1.54) is 32.3 Å². The van der Waals surface area contributed by atoms with Crippen molar-refractivity contribution in [3.63, 3.8) is 0 Å². The molecule has 3 heteroatoms. The van der Waals surface area contributed by atoms with E-state index in [1.807, 2.05) is 12.1 Å². The minimum Gasteiger partial charge on any atom is -0.227 e. The Morgan fingerprint density at radius 1 is 0.432 bits per heavy atom. The van der Waals surface area contributed by atoms with E-state index < -0.39 is 0 Å². The Labute approximate surface area is 219 Å². The van der Waals surface area contributed by atoms with E-state index in [-0.39, 0.29) is 0 Å². The van der Waals surface area contributed by atoms with Gasteiger partial charge in [-0.3, -0.25) is 0 Å². The van der Waals surface area contributed by atoms with Crippen molar-refractivity contribution in [2.24, 2.45) is 0 Å². The van der Waals surface area contributed by atoms with Gasteiger partial charge in [-0.2, -0.15) is 0 Å². The first-order chi connectivity index (χ1) is 18.3. The van der Waals surface area contributed by atoms with Gasteiger partial charge in [-0.05, 0) is 34.4 Å². The van der Waals surface area contributed by atoms with Crippen LogP contribution in [0.1, 0.15) is 0 Å². The predicted molar refractivity (Wildman–Crippen MR) is 157 cm³/mol. The summed E-state index contributed by atoms with van der Waals surface area (Å²) in [6.45, 7) is 0. The van der Waals surface area contributed by atoms with Gasteiger partial charge < -0.3 is 0 Å². The summed E-state index contributed by atoms with van der Waals surface area (Å²) < 4.78 is 1.23. The van der Waals surface area contributed by atoms with Crippen LogP contribution in [0.3, 0.4) is 0 Å². The lowest BCUT2D eigenvalue weighted by Crippen LogP contribution is -1.93. The molecule has 0 fully saturated rings. The first-order valence-electron chi connectivity index (χ1n) is 12.3. The Morgan fingerprint density at radius 2 is 1.00 bits per heavy atom. The largest absolute Gasteiger partial charge is 0.227 e. The highest BCUT2D eigenvalue weighted by Crippen LogP contribution is 2.39. The van der Waals surface area contributed by atoms with Crippen molar-refractivity contribution in [3.05, 3.63) is 133 Å². The topological polar surface area (TPSA) is 25.8 Å². The maximum atomic E-state index is 5.12. The predicted octanol–water partition coefficient (Wildman–Crippen LogP) is 9.51. The lowest BCUT2D eigenvalue weighted by molar-refractivity contribution is 1.24. The summed E-state index contributed by atoms with van der Waals surface area (Å²) in [4.78, 5) is 11.2. The third-order valence-corrected chi connectivity index (χ3v) is 7.80. The standard InChI is InChI=1S/C34H22N2S/c1-3-10-23(11-4-1)27-14-9-15-28(22-27)24-18-20-26(21-19-24)33-35-32(25-12-5-2-6-13-25)31-29-16-7-8-17-30(29)37-34(31)36-33/h1-22H. The number of hydrogen-bond acceptors (Lipinski definition) is 3. The van der Waals surface area contributed by atoms with Crippen molar-refractivity contribution in [1.82, 2.24) is 9.97 Å². The average Bonchev–Trinajstić information content (AvgIpc) is 3.36. The minimum absolute atomic E-state index is 0.752. The second kappa shape index (κ2) is 9.12. The van der Waals surface area contributed by atoms with Crippen LogP contribution in [0.5, 0.6) is 0 Å². The van der Waals surface area contributed by atoms with E-state index in [0.29, 0.717) is 0 Å². The second-order valence-electron chi connectivity index (χ2n) is 9.06. The highest BCUT2D eigenvalue weighted by Gasteiger charge is 2.16. The zero-order valence-electron chi connectivity index (χ0n) is 20.0. The molecule has 2 aromatic heterocycles. The van der Waals surface area contributed by atoms with Crippen molar-refractivity contribution in [2.75, 3.05) is 0 Å². The SMILES string of the molecule is c1ccc(-c2cccc(-c3ccc(-c4nc(-c5ccccc5)c5c(n4)sc4ccccc45)cc3)c2)cc1. The molecule has 2 nitrogen and oxygen atoms in total. The Balaban J connectivity index is 1.32. The van der Waals surface area contributed by atoms with Gasteiger partial charge >= 0.3 is 0 Å². The van der Waals surface area contributed by atoms with Gasteiger partial charge in [-0.1, -0.05) is 121 Å². The highest BCUT2D eigenvalue weighted by molar-refractivity contribution is 7.25. The van der Waals surface area contributed by atoms with Crippen LogP contribution in [0.15, 0.2) is 133 Å². The summed E-state index contributed by atoms with van der Waals surface area (Å²) >= 11 is 1.73. The van der Waals surface area contributed by atoms with Crippen molar-refractivity contribution >= 4 is 31.6 Å². The fourth-order valence-corrected chi connectivity index (χ4v) is 5.95. The average molecular weight is 491 g/mol. The van der Waals surface area contributed by atoms with Gasteiger partial charge in [-0.25, -0.2) is 9.97 Å². The smallest absolute Gasteiger partial charge is 0.161 e. The summed E-state index contributed by atoms with van der Waals surface area (Å²) in [6.07, 6.45) is 0. The Kier molecular flexibility index (Phi) is 5.34. The molecule has 5 aromatic carbocycles. The lowest BCUT2D eigenvalue weighted by atomic mass is 9.98. The highest BCUT2D eigenvalue weighted by atomic mass is 32.1. The van der Waals surface area contributed by atoms with Gasteiger partial charge in [0.1, 0.15) is 4.83 Å². The summed E-state index contributed by atoms with van der Waals surface area (Å²) in [5, 5.41) is 2.34. The Bertz CT molecular complexity index is 1850. The van der Waals surface area contributed by atoms with Gasteiger partial charge in [0.25, 0.3) is 0 Å². The number of thiophene rings is 1. The summed E-state index contributed by atoms with van der Waals surface area (Å²) in [6, 6.07) is 46.7. The maximum absolute atomic E-state index is 5.12. The summed E-state index contributed by atoms with van der Waals surface area (Å²) in [7, 11) is 0. The van der Waals surface area contributed by atoms with Crippen LogP contribution < -0.4 is 0 Å². The van der Waals surface area contributed by atoms with Gasteiger partial charge in [0.2, 0.25) is 0 Å². The van der Waals surface area contributed by atoms with Gasteiger partial charge in [-0.15, -0.1) is 11.3 Å². The molecule has 0 radical (unpaired) electrons. The van der Waals surface area contributed by atoms with Crippen LogP contribution in [0, 0.1) is 0 Å². The van der Waals surface area contributed by atoms with E-state index in [1.54, 1.807) is 11.3 Å². The van der Waals surface area contributed by atoms with Crippen LogP contribution in [-0.2, 0) is 0 Å². The first kappa shape index (κ1) is 21.7. The van der Waals surface area contributed by atoms with Crippen molar-refractivity contribution in [3.8, 4) is 44.9 Å².